The fourth-order valence-electron chi connectivity index (χ4n) is 2.12. The number of aromatic nitrogens is 3. The summed E-state index contributed by atoms with van der Waals surface area (Å²) in [5.41, 5.74) is 2.34. The van der Waals surface area contributed by atoms with Gasteiger partial charge in [0.1, 0.15) is 0 Å². The van der Waals surface area contributed by atoms with Crippen molar-refractivity contribution >= 4 is 11.6 Å². The Hall–Kier alpha value is -3.42. The summed E-state index contributed by atoms with van der Waals surface area (Å²) in [5, 5.41) is 6.70. The lowest BCUT2D eigenvalue weighted by Crippen LogP contribution is -2.15. The number of methoxy groups -OCH3 is 1. The third-order valence-electron chi connectivity index (χ3n) is 3.33. The predicted octanol–water partition coefficient (Wildman–Crippen LogP) is 1.79. The number of nitrogens with one attached hydrogen (secondary N) is 1. The van der Waals surface area contributed by atoms with Gasteiger partial charge in [-0.15, -0.1) is 0 Å². The van der Waals surface area contributed by atoms with Crippen LogP contribution >= 0.6 is 0 Å². The van der Waals surface area contributed by atoms with Crippen LogP contribution in [0.25, 0.3) is 5.69 Å². The minimum Gasteiger partial charge on any atom is -0.452 e. The van der Waals surface area contributed by atoms with E-state index in [0.717, 1.165) is 10.2 Å². The van der Waals surface area contributed by atoms with Crippen molar-refractivity contribution in [2.24, 2.45) is 0 Å². The zero-order valence-electron chi connectivity index (χ0n) is 13.0. The van der Waals surface area contributed by atoms with Crippen LogP contribution < -0.4 is 15.8 Å². The first-order valence-corrected chi connectivity index (χ1v) is 7.05. The van der Waals surface area contributed by atoms with Crippen molar-refractivity contribution in [1.82, 2.24) is 14.8 Å². The molecule has 0 aliphatic carbocycles. The molecule has 2 aromatic heterocycles. The van der Waals surface area contributed by atoms with E-state index in [1.165, 1.54) is 13.3 Å². The number of rotatable bonds is 4. The minimum absolute atomic E-state index is 0.119. The molecule has 0 saturated carbocycles. The summed E-state index contributed by atoms with van der Waals surface area (Å²) in [4.78, 5) is 27.8. The number of ether oxygens (including phenoxy) is 1. The topological polar surface area (TPSA) is 99.2 Å². The number of pyridine rings is 1. The van der Waals surface area contributed by atoms with E-state index in [9.17, 15) is 9.59 Å². The molecular formula is C16H14N4O4. The maximum absolute atomic E-state index is 12.2. The highest BCUT2D eigenvalue weighted by molar-refractivity contribution is 6.04. The third kappa shape index (κ3) is 3.02. The largest absolute Gasteiger partial charge is 0.452 e. The van der Waals surface area contributed by atoms with E-state index in [1.54, 1.807) is 36.5 Å². The van der Waals surface area contributed by atoms with Gasteiger partial charge in [0.2, 0.25) is 0 Å². The van der Waals surface area contributed by atoms with Gasteiger partial charge in [-0.3, -0.25) is 9.78 Å². The Labute approximate surface area is 136 Å². The summed E-state index contributed by atoms with van der Waals surface area (Å²) in [6, 6.07) is 8.41. The molecule has 8 heteroatoms. The highest BCUT2D eigenvalue weighted by Gasteiger charge is 2.12. The Kier molecular flexibility index (Phi) is 4.11. The summed E-state index contributed by atoms with van der Waals surface area (Å²) in [5.74, 6) is -0.919. The second kappa shape index (κ2) is 6.37. The first-order chi connectivity index (χ1) is 11.6. The van der Waals surface area contributed by atoms with Crippen molar-refractivity contribution in [3.63, 3.8) is 0 Å². The molecule has 1 amide bonds. The molecule has 0 unspecified atom stereocenters. The highest BCUT2D eigenvalue weighted by Crippen LogP contribution is 2.19. The second-order valence-corrected chi connectivity index (χ2v) is 4.94. The molecule has 122 valence electrons. The van der Waals surface area contributed by atoms with E-state index < -0.39 is 5.76 Å². The maximum Gasteiger partial charge on any atom is 0.444 e. The molecule has 3 aromatic rings. The van der Waals surface area contributed by atoms with E-state index in [0.29, 0.717) is 16.9 Å². The smallest absolute Gasteiger partial charge is 0.444 e. The third-order valence-corrected chi connectivity index (χ3v) is 3.33. The normalized spacial score (nSPS) is 10.4. The Bertz CT molecular complexity index is 931. The van der Waals surface area contributed by atoms with Crippen molar-refractivity contribution in [3.05, 3.63) is 64.4 Å². The number of carbonyl (C=O) groups excluding carboxylic acids is 1. The number of amides is 1. The van der Waals surface area contributed by atoms with Crippen LogP contribution in [0, 0.1) is 6.92 Å². The van der Waals surface area contributed by atoms with Crippen molar-refractivity contribution in [2.45, 2.75) is 6.92 Å². The molecule has 0 spiro atoms. The number of nitrogens with zero attached hydrogens (tertiary/aromatic N) is 3. The number of hydrogen-bond donors (Lipinski definition) is 1. The van der Waals surface area contributed by atoms with Gasteiger partial charge >= 0.3 is 11.8 Å². The van der Waals surface area contributed by atoms with Crippen molar-refractivity contribution < 1.29 is 13.9 Å². The van der Waals surface area contributed by atoms with Crippen molar-refractivity contribution in [2.75, 3.05) is 12.4 Å². The number of carbonyl (C=O) groups is 1. The lowest BCUT2D eigenvalue weighted by atomic mass is 10.1. The molecule has 0 aliphatic heterocycles. The molecular weight excluding hydrogens is 312 g/mol. The van der Waals surface area contributed by atoms with E-state index in [2.05, 4.69) is 15.4 Å². The summed E-state index contributed by atoms with van der Waals surface area (Å²) in [7, 11) is 1.36. The molecule has 0 aliphatic rings. The van der Waals surface area contributed by atoms with Crippen LogP contribution in [-0.4, -0.2) is 27.8 Å². The van der Waals surface area contributed by atoms with E-state index in [4.69, 9.17) is 9.15 Å². The fourth-order valence-corrected chi connectivity index (χ4v) is 2.12. The molecule has 8 nitrogen and oxygen atoms in total. The maximum atomic E-state index is 12.2. The van der Waals surface area contributed by atoms with E-state index in [1.807, 2.05) is 6.92 Å². The lowest BCUT2D eigenvalue weighted by Gasteiger charge is -2.09. The quantitative estimate of drug-likeness (QED) is 0.784. The van der Waals surface area contributed by atoms with Gasteiger partial charge < -0.3 is 14.5 Å². The second-order valence-electron chi connectivity index (χ2n) is 4.94. The van der Waals surface area contributed by atoms with Gasteiger partial charge in [-0.1, -0.05) is 5.10 Å². The summed E-state index contributed by atoms with van der Waals surface area (Å²) < 4.78 is 10.7. The van der Waals surface area contributed by atoms with Gasteiger partial charge in [-0.25, -0.2) is 4.79 Å². The van der Waals surface area contributed by atoms with Gasteiger partial charge in [0, 0.05) is 18.1 Å². The molecule has 3 rings (SSSR count). The van der Waals surface area contributed by atoms with Crippen molar-refractivity contribution in [3.8, 4) is 11.8 Å². The molecule has 1 N–H and O–H groups in total. The van der Waals surface area contributed by atoms with Gasteiger partial charge in [-0.2, -0.15) is 4.68 Å². The van der Waals surface area contributed by atoms with Crippen LogP contribution in [0.4, 0.5) is 5.69 Å². The number of hydrogen-bond acceptors (Lipinski definition) is 6. The van der Waals surface area contributed by atoms with Gasteiger partial charge in [0.25, 0.3) is 5.91 Å². The first-order valence-electron chi connectivity index (χ1n) is 7.05. The molecule has 24 heavy (non-hydrogen) atoms. The first kappa shape index (κ1) is 15.5. The zero-order chi connectivity index (χ0) is 17.1. The van der Waals surface area contributed by atoms with Crippen LogP contribution in [0.15, 0.2) is 51.9 Å². The fraction of sp³-hybridized carbons (Fsp3) is 0.125. The number of anilines is 1. The summed E-state index contributed by atoms with van der Waals surface area (Å²) >= 11 is 0. The molecule has 2 heterocycles. The van der Waals surface area contributed by atoms with Crippen LogP contribution in [0.3, 0.4) is 0 Å². The number of benzene rings is 1. The van der Waals surface area contributed by atoms with Gasteiger partial charge in [-0.05, 0) is 42.8 Å². The van der Waals surface area contributed by atoms with Gasteiger partial charge in [0.15, 0.2) is 0 Å². The Morgan fingerprint density at radius 3 is 2.79 bits per heavy atom. The standard InChI is InChI=1S/C16H14N4O4/c1-10-8-12(20-16(22)24-15(19-20)23-2)5-6-13(10)18-14(21)11-4-3-7-17-9-11/h3-9H,1-2H3,(H,18,21). The molecule has 0 saturated heterocycles. The molecule has 0 radical (unpaired) electrons. The van der Waals surface area contributed by atoms with E-state index in [-0.39, 0.29) is 12.0 Å². The van der Waals surface area contributed by atoms with Crippen molar-refractivity contribution in [1.29, 1.82) is 0 Å². The molecule has 0 atom stereocenters. The Morgan fingerprint density at radius 1 is 1.33 bits per heavy atom. The highest BCUT2D eigenvalue weighted by atomic mass is 16.6. The summed E-state index contributed by atoms with van der Waals surface area (Å²) in [6.45, 7) is 1.81. The molecule has 0 bridgehead atoms. The minimum atomic E-state index is -0.654. The lowest BCUT2D eigenvalue weighted by molar-refractivity contribution is 0.102. The van der Waals surface area contributed by atoms with Crippen LogP contribution in [0.5, 0.6) is 6.08 Å². The monoisotopic (exact) mass is 326 g/mol. The average molecular weight is 326 g/mol. The molecule has 1 aromatic carbocycles. The molecule has 0 fully saturated rings. The Balaban J connectivity index is 1.86. The van der Waals surface area contributed by atoms with Crippen LogP contribution in [-0.2, 0) is 0 Å². The van der Waals surface area contributed by atoms with Crippen LogP contribution in [0.1, 0.15) is 15.9 Å². The zero-order valence-corrected chi connectivity index (χ0v) is 13.0. The SMILES string of the molecule is COc1nn(-c2ccc(NC(=O)c3cccnc3)c(C)c2)c(=O)o1. The van der Waals surface area contributed by atoms with Gasteiger partial charge in [0.05, 0.1) is 18.4 Å². The predicted molar refractivity (Wildman–Crippen MR) is 85.6 cm³/mol. The van der Waals surface area contributed by atoms with Crippen LogP contribution in [0.2, 0.25) is 0 Å². The number of aryl methyl sites for hydroxylation is 1. The van der Waals surface area contributed by atoms with E-state index >= 15 is 0 Å². The summed E-state index contributed by atoms with van der Waals surface area (Å²) in [6.07, 6.45) is 2.97. The average Bonchev–Trinajstić information content (AvgIpc) is 2.98. The Morgan fingerprint density at radius 2 is 2.17 bits per heavy atom.